The Bertz CT molecular complexity index is 878. The minimum Gasteiger partial charge on any atom is -0.395 e. The number of aliphatic hydroxyl groups excluding tert-OH is 2. The van der Waals surface area contributed by atoms with Gasteiger partial charge in [-0.2, -0.15) is 8.42 Å². The summed E-state index contributed by atoms with van der Waals surface area (Å²) in [7, 11) is -4.43. The first-order valence-electron chi connectivity index (χ1n) is 7.92. The van der Waals surface area contributed by atoms with Crippen LogP contribution in [0.25, 0.3) is 0 Å². The highest BCUT2D eigenvalue weighted by Gasteiger charge is 2.16. The van der Waals surface area contributed by atoms with E-state index in [0.717, 1.165) is 0 Å². The number of nitrogens with zero attached hydrogens (tertiary/aromatic N) is 3. The molecule has 9 heteroatoms. The summed E-state index contributed by atoms with van der Waals surface area (Å²) in [6.45, 7) is 2.10. The smallest absolute Gasteiger partial charge is 0.296 e. The maximum Gasteiger partial charge on any atom is 0.296 e. The largest absolute Gasteiger partial charge is 0.395 e. The monoisotopic (exact) mass is 379 g/mol. The number of aryl methyl sites for hydroxylation is 1. The Morgan fingerprint density at radius 1 is 0.962 bits per heavy atom. The maximum absolute atomic E-state index is 11.6. The summed E-state index contributed by atoms with van der Waals surface area (Å²) in [4.78, 5) is 1.43. The van der Waals surface area contributed by atoms with E-state index < -0.39 is 10.1 Å². The lowest BCUT2D eigenvalue weighted by molar-refractivity contribution is 0.281. The van der Waals surface area contributed by atoms with Gasteiger partial charge in [0, 0.05) is 13.1 Å². The number of hydrogen-bond donors (Lipinski definition) is 3. The third-order valence-corrected chi connectivity index (χ3v) is 4.50. The number of benzene rings is 2. The zero-order chi connectivity index (χ0) is 19.2. The average Bonchev–Trinajstić information content (AvgIpc) is 2.60. The van der Waals surface area contributed by atoms with Crippen LogP contribution < -0.4 is 4.90 Å². The number of azo groups is 1. The Kier molecular flexibility index (Phi) is 6.81. The van der Waals surface area contributed by atoms with Crippen LogP contribution in [0.3, 0.4) is 0 Å². The number of para-hydroxylation sites is 1. The zero-order valence-electron chi connectivity index (χ0n) is 14.3. The highest BCUT2D eigenvalue weighted by Crippen LogP contribution is 2.32. The SMILES string of the molecule is Cc1ccc(N=Nc2ccccc2N(CCO)CCO)c(S(=O)(=O)O)c1. The maximum atomic E-state index is 11.6. The first kappa shape index (κ1) is 20.0. The minimum atomic E-state index is -4.43. The van der Waals surface area contributed by atoms with Crippen LogP contribution in [0.5, 0.6) is 0 Å². The molecule has 0 spiro atoms. The molecule has 26 heavy (non-hydrogen) atoms. The van der Waals surface area contributed by atoms with E-state index in [0.29, 0.717) is 30.0 Å². The average molecular weight is 379 g/mol. The van der Waals surface area contributed by atoms with Gasteiger partial charge in [-0.05, 0) is 36.8 Å². The van der Waals surface area contributed by atoms with Crippen LogP contribution in [-0.4, -0.2) is 49.5 Å². The Labute approximate surface area is 152 Å². The molecule has 0 fully saturated rings. The van der Waals surface area contributed by atoms with E-state index >= 15 is 0 Å². The van der Waals surface area contributed by atoms with Gasteiger partial charge in [0.2, 0.25) is 0 Å². The number of anilines is 1. The molecule has 0 saturated carbocycles. The van der Waals surface area contributed by atoms with E-state index in [1.165, 1.54) is 12.1 Å². The van der Waals surface area contributed by atoms with Crippen molar-refractivity contribution < 1.29 is 23.2 Å². The van der Waals surface area contributed by atoms with Gasteiger partial charge in [0.15, 0.2) is 0 Å². The zero-order valence-corrected chi connectivity index (χ0v) is 15.1. The van der Waals surface area contributed by atoms with Crippen molar-refractivity contribution in [3.63, 3.8) is 0 Å². The molecule has 2 aromatic rings. The van der Waals surface area contributed by atoms with Gasteiger partial charge in [0.1, 0.15) is 16.3 Å². The van der Waals surface area contributed by atoms with E-state index in [-0.39, 0.29) is 23.8 Å². The summed E-state index contributed by atoms with van der Waals surface area (Å²) in [5.74, 6) is 0. The van der Waals surface area contributed by atoms with Crippen LogP contribution in [0.4, 0.5) is 17.1 Å². The number of aliphatic hydroxyl groups is 2. The Hall–Kier alpha value is -2.33. The second-order valence-corrected chi connectivity index (χ2v) is 6.96. The summed E-state index contributed by atoms with van der Waals surface area (Å²) in [5.41, 5.74) is 1.76. The molecule has 8 nitrogen and oxygen atoms in total. The van der Waals surface area contributed by atoms with E-state index in [1.54, 1.807) is 42.2 Å². The Balaban J connectivity index is 2.44. The highest BCUT2D eigenvalue weighted by atomic mass is 32.2. The molecule has 2 rings (SSSR count). The van der Waals surface area contributed by atoms with Crippen molar-refractivity contribution in [2.75, 3.05) is 31.2 Å². The fourth-order valence-electron chi connectivity index (χ4n) is 2.43. The third-order valence-electron chi connectivity index (χ3n) is 3.62. The molecule has 0 unspecified atom stereocenters. The van der Waals surface area contributed by atoms with Crippen LogP contribution in [0.1, 0.15) is 5.56 Å². The van der Waals surface area contributed by atoms with Crippen molar-refractivity contribution >= 4 is 27.2 Å². The highest BCUT2D eigenvalue weighted by molar-refractivity contribution is 7.86. The van der Waals surface area contributed by atoms with Gasteiger partial charge in [0.05, 0.1) is 18.9 Å². The van der Waals surface area contributed by atoms with Gasteiger partial charge in [0.25, 0.3) is 10.1 Å². The van der Waals surface area contributed by atoms with E-state index in [9.17, 15) is 23.2 Å². The molecule has 0 aromatic heterocycles. The van der Waals surface area contributed by atoms with Gasteiger partial charge >= 0.3 is 0 Å². The molecule has 0 aliphatic heterocycles. The van der Waals surface area contributed by atoms with Crippen LogP contribution in [0.15, 0.2) is 57.6 Å². The van der Waals surface area contributed by atoms with E-state index in [1.807, 2.05) is 0 Å². The number of hydrogen-bond acceptors (Lipinski definition) is 7. The van der Waals surface area contributed by atoms with Crippen LogP contribution in [-0.2, 0) is 10.1 Å². The molecule has 0 amide bonds. The van der Waals surface area contributed by atoms with Crippen LogP contribution in [0.2, 0.25) is 0 Å². The van der Waals surface area contributed by atoms with Crippen molar-refractivity contribution in [2.45, 2.75) is 11.8 Å². The molecule has 2 aromatic carbocycles. The summed E-state index contributed by atoms with van der Waals surface area (Å²) < 4.78 is 32.5. The fraction of sp³-hybridized carbons (Fsp3) is 0.294. The molecule has 0 saturated heterocycles. The quantitative estimate of drug-likeness (QED) is 0.478. The third kappa shape index (κ3) is 5.09. The summed E-state index contributed by atoms with van der Waals surface area (Å²) in [6, 6.07) is 11.4. The second kappa shape index (κ2) is 8.86. The van der Waals surface area contributed by atoms with Crippen LogP contribution in [0, 0.1) is 6.92 Å². The molecular formula is C17H21N3O5S. The molecule has 0 radical (unpaired) electrons. The standard InChI is InChI=1S/C17H21N3O5S/c1-13-6-7-15(17(12-13)26(23,24)25)19-18-14-4-2-3-5-16(14)20(8-10-21)9-11-22/h2-7,12,21-22H,8-11H2,1H3,(H,23,24,25). The predicted molar refractivity (Wildman–Crippen MR) is 98.0 cm³/mol. The Morgan fingerprint density at radius 3 is 2.19 bits per heavy atom. The topological polar surface area (TPSA) is 123 Å². The normalized spacial score (nSPS) is 11.8. The van der Waals surface area contributed by atoms with Gasteiger partial charge < -0.3 is 15.1 Å². The molecule has 3 N–H and O–H groups in total. The van der Waals surface area contributed by atoms with Gasteiger partial charge in [-0.25, -0.2) is 0 Å². The van der Waals surface area contributed by atoms with Crippen molar-refractivity contribution in [3.8, 4) is 0 Å². The number of rotatable bonds is 8. The van der Waals surface area contributed by atoms with E-state index in [4.69, 9.17) is 0 Å². The fourth-order valence-corrected chi connectivity index (χ4v) is 3.14. The predicted octanol–water partition coefficient (Wildman–Crippen LogP) is 2.45. The molecule has 0 aliphatic carbocycles. The Morgan fingerprint density at radius 2 is 1.58 bits per heavy atom. The summed E-state index contributed by atoms with van der Waals surface area (Å²) >= 11 is 0. The molecule has 140 valence electrons. The van der Waals surface area contributed by atoms with Crippen LogP contribution >= 0.6 is 0 Å². The minimum absolute atomic E-state index is 0.0174. The lowest BCUT2D eigenvalue weighted by atomic mass is 10.2. The molecule has 0 bridgehead atoms. The van der Waals surface area contributed by atoms with Crippen molar-refractivity contribution in [2.24, 2.45) is 10.2 Å². The first-order valence-corrected chi connectivity index (χ1v) is 9.36. The second-order valence-electron chi connectivity index (χ2n) is 5.57. The lowest BCUT2D eigenvalue weighted by Gasteiger charge is -2.23. The summed E-state index contributed by atoms with van der Waals surface area (Å²) in [6.07, 6.45) is 0. The first-order chi connectivity index (χ1) is 12.4. The van der Waals surface area contributed by atoms with Gasteiger partial charge in [-0.1, -0.05) is 18.2 Å². The van der Waals surface area contributed by atoms with Gasteiger partial charge in [-0.3, -0.25) is 4.55 Å². The van der Waals surface area contributed by atoms with Gasteiger partial charge in [-0.15, -0.1) is 10.2 Å². The molecular weight excluding hydrogens is 358 g/mol. The van der Waals surface area contributed by atoms with Crippen molar-refractivity contribution in [3.05, 3.63) is 48.0 Å². The van der Waals surface area contributed by atoms with Crippen molar-refractivity contribution in [1.29, 1.82) is 0 Å². The van der Waals surface area contributed by atoms with Crippen molar-refractivity contribution in [1.82, 2.24) is 0 Å². The molecule has 0 aliphatic rings. The molecule has 0 heterocycles. The lowest BCUT2D eigenvalue weighted by Crippen LogP contribution is -2.29. The molecule has 0 atom stereocenters. The summed E-state index contributed by atoms with van der Waals surface area (Å²) in [5, 5.41) is 26.5. The van der Waals surface area contributed by atoms with E-state index in [2.05, 4.69) is 10.2 Å².